The number of benzene rings is 2. The van der Waals surface area contributed by atoms with Gasteiger partial charge in [-0.05, 0) is 36.8 Å². The summed E-state index contributed by atoms with van der Waals surface area (Å²) in [6.45, 7) is 2.44. The van der Waals surface area contributed by atoms with E-state index in [2.05, 4.69) is 5.32 Å². The van der Waals surface area contributed by atoms with E-state index in [1.54, 1.807) is 29.2 Å². The molecule has 23 heavy (non-hydrogen) atoms. The summed E-state index contributed by atoms with van der Waals surface area (Å²) in [6.07, 6.45) is 0.224. The number of carbonyl (C=O) groups is 2. The molecule has 0 aliphatic heterocycles. The Morgan fingerprint density at radius 2 is 1.70 bits per heavy atom. The maximum absolute atomic E-state index is 12.3. The Morgan fingerprint density at radius 3 is 2.30 bits per heavy atom. The molecule has 0 bridgehead atoms. The Morgan fingerprint density at radius 1 is 1.04 bits per heavy atom. The van der Waals surface area contributed by atoms with E-state index < -0.39 is 0 Å². The van der Waals surface area contributed by atoms with Gasteiger partial charge in [0.05, 0.1) is 13.0 Å². The number of rotatable bonds is 6. The fourth-order valence-corrected chi connectivity index (χ4v) is 2.36. The Kier molecular flexibility index (Phi) is 6.18. The highest BCUT2D eigenvalue weighted by molar-refractivity contribution is 6.30. The van der Waals surface area contributed by atoms with Crippen LogP contribution in [-0.2, 0) is 16.0 Å². The molecule has 1 N–H and O–H groups in total. The van der Waals surface area contributed by atoms with E-state index in [-0.39, 0.29) is 24.8 Å². The number of nitrogens with zero attached hydrogens (tertiary/aromatic N) is 1. The van der Waals surface area contributed by atoms with Crippen LogP contribution in [-0.4, -0.2) is 24.9 Å². The molecule has 0 aromatic heterocycles. The van der Waals surface area contributed by atoms with Crippen molar-refractivity contribution in [2.45, 2.75) is 13.3 Å². The summed E-state index contributed by atoms with van der Waals surface area (Å²) < 4.78 is 0. The lowest BCUT2D eigenvalue weighted by molar-refractivity contribution is -0.124. The summed E-state index contributed by atoms with van der Waals surface area (Å²) in [4.78, 5) is 25.8. The number of carbonyl (C=O) groups excluding carboxylic acids is 2. The first-order valence-electron chi connectivity index (χ1n) is 7.46. The summed E-state index contributed by atoms with van der Waals surface area (Å²) in [6, 6.07) is 16.5. The predicted octanol–water partition coefficient (Wildman–Crippen LogP) is 3.05. The van der Waals surface area contributed by atoms with Crippen molar-refractivity contribution in [1.29, 1.82) is 0 Å². The average Bonchev–Trinajstić information content (AvgIpc) is 2.57. The van der Waals surface area contributed by atoms with Crippen LogP contribution in [0.15, 0.2) is 54.6 Å². The van der Waals surface area contributed by atoms with Crippen molar-refractivity contribution >= 4 is 29.1 Å². The third-order valence-electron chi connectivity index (χ3n) is 3.40. The molecule has 0 heterocycles. The lowest BCUT2D eigenvalue weighted by atomic mass is 10.1. The number of nitrogens with one attached hydrogen (secondary N) is 1. The van der Waals surface area contributed by atoms with E-state index in [4.69, 9.17) is 11.6 Å². The van der Waals surface area contributed by atoms with Gasteiger partial charge in [0.15, 0.2) is 0 Å². The van der Waals surface area contributed by atoms with Crippen LogP contribution in [0.3, 0.4) is 0 Å². The average molecular weight is 331 g/mol. The summed E-state index contributed by atoms with van der Waals surface area (Å²) in [5, 5.41) is 3.30. The van der Waals surface area contributed by atoms with Gasteiger partial charge in [-0.25, -0.2) is 0 Å². The van der Waals surface area contributed by atoms with Gasteiger partial charge < -0.3 is 10.2 Å². The summed E-state index contributed by atoms with van der Waals surface area (Å²) in [5.41, 5.74) is 1.68. The molecule has 0 unspecified atom stereocenters. The Balaban J connectivity index is 1.87. The molecule has 0 radical (unpaired) electrons. The monoisotopic (exact) mass is 330 g/mol. The minimum absolute atomic E-state index is 0.0187. The third-order valence-corrected chi connectivity index (χ3v) is 3.65. The molecular weight excluding hydrogens is 312 g/mol. The molecule has 0 aliphatic carbocycles. The highest BCUT2D eigenvalue weighted by Crippen LogP contribution is 2.13. The number of hydrogen-bond donors (Lipinski definition) is 1. The first-order valence-corrected chi connectivity index (χ1v) is 7.84. The number of para-hydroxylation sites is 1. The minimum atomic E-state index is -0.190. The molecule has 2 aromatic rings. The molecule has 0 saturated carbocycles. The largest absolute Gasteiger partial charge is 0.347 e. The van der Waals surface area contributed by atoms with Crippen molar-refractivity contribution in [3.8, 4) is 0 Å². The molecule has 0 saturated heterocycles. The van der Waals surface area contributed by atoms with Gasteiger partial charge in [-0.15, -0.1) is 0 Å². The minimum Gasteiger partial charge on any atom is -0.347 e. The first-order chi connectivity index (χ1) is 11.1. The van der Waals surface area contributed by atoms with Gasteiger partial charge in [0, 0.05) is 17.3 Å². The maximum Gasteiger partial charge on any atom is 0.246 e. The van der Waals surface area contributed by atoms with Gasteiger partial charge in [-0.2, -0.15) is 0 Å². The van der Waals surface area contributed by atoms with E-state index in [9.17, 15) is 9.59 Å². The lowest BCUT2D eigenvalue weighted by Gasteiger charge is -2.21. The number of likely N-dealkylation sites (N-methyl/N-ethyl adjacent to an activating group) is 1. The highest BCUT2D eigenvalue weighted by Gasteiger charge is 2.14. The van der Waals surface area contributed by atoms with E-state index in [0.29, 0.717) is 11.6 Å². The Hall–Kier alpha value is -2.33. The fraction of sp³-hybridized carbons (Fsp3) is 0.222. The van der Waals surface area contributed by atoms with E-state index in [1.165, 1.54) is 0 Å². The second kappa shape index (κ2) is 8.34. The lowest BCUT2D eigenvalue weighted by Crippen LogP contribution is -2.40. The molecule has 4 nitrogen and oxygen atoms in total. The Bertz CT molecular complexity index is 656. The van der Waals surface area contributed by atoms with Crippen LogP contribution < -0.4 is 10.2 Å². The van der Waals surface area contributed by atoms with Crippen LogP contribution >= 0.6 is 11.6 Å². The molecule has 0 aliphatic rings. The molecule has 2 rings (SSSR count). The van der Waals surface area contributed by atoms with Gasteiger partial charge in [0.1, 0.15) is 0 Å². The second-order valence-electron chi connectivity index (χ2n) is 5.05. The van der Waals surface area contributed by atoms with Crippen molar-refractivity contribution in [3.63, 3.8) is 0 Å². The van der Waals surface area contributed by atoms with Crippen LogP contribution in [0.5, 0.6) is 0 Å². The van der Waals surface area contributed by atoms with Crippen molar-refractivity contribution in [1.82, 2.24) is 5.32 Å². The quantitative estimate of drug-likeness (QED) is 0.885. The van der Waals surface area contributed by atoms with Gasteiger partial charge >= 0.3 is 0 Å². The predicted molar refractivity (Wildman–Crippen MR) is 92.6 cm³/mol. The molecule has 2 amide bonds. The highest BCUT2D eigenvalue weighted by atomic mass is 35.5. The summed E-state index contributed by atoms with van der Waals surface area (Å²) in [7, 11) is 0. The van der Waals surface area contributed by atoms with Crippen LogP contribution in [0.1, 0.15) is 12.5 Å². The topological polar surface area (TPSA) is 49.4 Å². The van der Waals surface area contributed by atoms with Crippen LogP contribution in [0.2, 0.25) is 5.02 Å². The molecule has 0 atom stereocenters. The zero-order valence-corrected chi connectivity index (χ0v) is 13.7. The fourth-order valence-electron chi connectivity index (χ4n) is 2.23. The number of amides is 2. The van der Waals surface area contributed by atoms with Crippen LogP contribution in [0.4, 0.5) is 5.69 Å². The second-order valence-corrected chi connectivity index (χ2v) is 5.49. The molecule has 0 spiro atoms. The van der Waals surface area contributed by atoms with E-state index >= 15 is 0 Å². The number of hydrogen-bond acceptors (Lipinski definition) is 2. The van der Waals surface area contributed by atoms with Gasteiger partial charge in [0.25, 0.3) is 0 Å². The van der Waals surface area contributed by atoms with Crippen LogP contribution in [0.25, 0.3) is 0 Å². The third kappa shape index (κ3) is 5.11. The normalized spacial score (nSPS) is 10.2. The molecule has 5 heteroatoms. The van der Waals surface area contributed by atoms with Crippen LogP contribution in [0, 0.1) is 0 Å². The summed E-state index contributed by atoms with van der Waals surface area (Å²) >= 11 is 5.81. The smallest absolute Gasteiger partial charge is 0.246 e. The number of anilines is 1. The standard InChI is InChI=1S/C18H19ClN2O2/c1-2-21(16-6-4-3-5-7-16)18(23)13-20-17(22)12-14-8-10-15(19)11-9-14/h3-11H,2,12-13H2,1H3,(H,20,22). The molecule has 0 fully saturated rings. The molecular formula is C18H19ClN2O2. The van der Waals surface area contributed by atoms with E-state index in [1.807, 2.05) is 37.3 Å². The molecule has 120 valence electrons. The zero-order chi connectivity index (χ0) is 16.7. The Labute approximate surface area is 141 Å². The number of halogens is 1. The molecule has 2 aromatic carbocycles. The van der Waals surface area contributed by atoms with E-state index in [0.717, 1.165) is 11.3 Å². The van der Waals surface area contributed by atoms with Crippen molar-refractivity contribution in [2.24, 2.45) is 0 Å². The summed E-state index contributed by atoms with van der Waals surface area (Å²) in [5.74, 6) is -0.326. The SMILES string of the molecule is CCN(C(=O)CNC(=O)Cc1ccc(Cl)cc1)c1ccccc1. The zero-order valence-electron chi connectivity index (χ0n) is 13.0. The van der Waals surface area contributed by atoms with Crippen molar-refractivity contribution in [2.75, 3.05) is 18.0 Å². The van der Waals surface area contributed by atoms with Gasteiger partial charge in [0.2, 0.25) is 11.8 Å². The van der Waals surface area contributed by atoms with Gasteiger partial charge in [-0.3, -0.25) is 9.59 Å². The van der Waals surface area contributed by atoms with Crippen molar-refractivity contribution in [3.05, 3.63) is 65.2 Å². The maximum atomic E-state index is 12.3. The first kappa shape index (κ1) is 17.0. The van der Waals surface area contributed by atoms with Crippen molar-refractivity contribution < 1.29 is 9.59 Å². The van der Waals surface area contributed by atoms with Gasteiger partial charge in [-0.1, -0.05) is 41.9 Å².